The first-order valence-electron chi connectivity index (χ1n) is 8.41. The van der Waals surface area contributed by atoms with Crippen molar-refractivity contribution in [3.8, 4) is 11.5 Å². The minimum Gasteiger partial charge on any atom is -0.492 e. The minimum atomic E-state index is -0.390. The summed E-state index contributed by atoms with van der Waals surface area (Å²) in [5.74, 6) is 1.52. The molecule has 3 rings (SSSR count). The number of nitro benzene ring substituents is 1. The molecule has 2 aromatic rings. The lowest BCUT2D eigenvalue weighted by Crippen LogP contribution is -2.25. The number of fused-ring (bicyclic) bond motifs is 1. The molecule has 2 aromatic carbocycles. The summed E-state index contributed by atoms with van der Waals surface area (Å²) in [6.45, 7) is 4.26. The van der Waals surface area contributed by atoms with Crippen LogP contribution in [0, 0.1) is 17.0 Å². The van der Waals surface area contributed by atoms with Crippen LogP contribution in [0.25, 0.3) is 0 Å². The summed E-state index contributed by atoms with van der Waals surface area (Å²) in [7, 11) is 1.95. The van der Waals surface area contributed by atoms with Crippen LogP contribution in [-0.4, -0.2) is 36.8 Å². The molecule has 0 bridgehead atoms. The lowest BCUT2D eigenvalue weighted by Gasteiger charge is -2.23. The van der Waals surface area contributed by atoms with E-state index >= 15 is 0 Å². The highest BCUT2D eigenvalue weighted by atomic mass is 16.7. The van der Waals surface area contributed by atoms with Gasteiger partial charge in [-0.15, -0.1) is 0 Å². The molecule has 0 saturated heterocycles. The molecule has 0 aromatic heterocycles. The fourth-order valence-electron chi connectivity index (χ4n) is 2.83. The summed E-state index contributed by atoms with van der Waals surface area (Å²) >= 11 is 0. The van der Waals surface area contributed by atoms with E-state index in [1.807, 2.05) is 43.1 Å². The molecule has 0 saturated carbocycles. The zero-order chi connectivity index (χ0) is 18.5. The Bertz CT molecular complexity index is 776. The van der Waals surface area contributed by atoms with E-state index in [0.717, 1.165) is 11.3 Å². The molecule has 0 aliphatic carbocycles. The van der Waals surface area contributed by atoms with Crippen molar-refractivity contribution in [2.75, 3.05) is 27.0 Å². The van der Waals surface area contributed by atoms with Crippen molar-refractivity contribution in [2.45, 2.75) is 20.1 Å². The third-order valence-electron chi connectivity index (χ3n) is 4.19. The zero-order valence-electron chi connectivity index (χ0n) is 14.9. The molecule has 1 heterocycles. The second kappa shape index (κ2) is 8.16. The van der Waals surface area contributed by atoms with Gasteiger partial charge in [-0.2, -0.15) is 0 Å². The molecule has 0 atom stereocenters. The molecule has 1 aliphatic heterocycles. The van der Waals surface area contributed by atoms with Crippen LogP contribution in [0.15, 0.2) is 36.4 Å². The standard InChI is InChI=1S/C19H22N2O5/c1-14-3-5-18(6-4-14)25-8-7-20(2)11-15-9-17(21(22)23)10-16-12-24-13-26-19(15)16/h3-6,9-10H,7-8,11-13H2,1-2H3. The smallest absolute Gasteiger partial charge is 0.270 e. The van der Waals surface area contributed by atoms with Gasteiger partial charge in [-0.05, 0) is 26.1 Å². The van der Waals surface area contributed by atoms with Crippen molar-refractivity contribution in [2.24, 2.45) is 0 Å². The fraction of sp³-hybridized carbons (Fsp3) is 0.368. The maximum Gasteiger partial charge on any atom is 0.270 e. The summed E-state index contributed by atoms with van der Waals surface area (Å²) in [4.78, 5) is 12.8. The average Bonchev–Trinajstić information content (AvgIpc) is 2.63. The van der Waals surface area contributed by atoms with Crippen LogP contribution in [0.5, 0.6) is 11.5 Å². The van der Waals surface area contributed by atoms with Crippen LogP contribution >= 0.6 is 0 Å². The first-order chi connectivity index (χ1) is 12.5. The monoisotopic (exact) mass is 358 g/mol. The van der Waals surface area contributed by atoms with Crippen LogP contribution in [0.4, 0.5) is 5.69 Å². The molecule has 138 valence electrons. The van der Waals surface area contributed by atoms with Gasteiger partial charge in [0.15, 0.2) is 6.79 Å². The Morgan fingerprint density at radius 1 is 1.27 bits per heavy atom. The van der Waals surface area contributed by atoms with Crippen molar-refractivity contribution in [1.82, 2.24) is 4.90 Å². The molecule has 0 unspecified atom stereocenters. The summed E-state index contributed by atoms with van der Waals surface area (Å²) in [6.07, 6.45) is 0. The van der Waals surface area contributed by atoms with Crippen LogP contribution < -0.4 is 9.47 Å². The van der Waals surface area contributed by atoms with Gasteiger partial charge in [0.05, 0.1) is 11.5 Å². The zero-order valence-corrected chi connectivity index (χ0v) is 14.9. The largest absolute Gasteiger partial charge is 0.492 e. The van der Waals surface area contributed by atoms with Crippen LogP contribution in [-0.2, 0) is 17.9 Å². The number of ether oxygens (including phenoxy) is 3. The number of nitrogens with zero attached hydrogens (tertiary/aromatic N) is 2. The van der Waals surface area contributed by atoms with Gasteiger partial charge >= 0.3 is 0 Å². The predicted octanol–water partition coefficient (Wildman–Crippen LogP) is 3.28. The topological polar surface area (TPSA) is 74.1 Å². The maximum absolute atomic E-state index is 11.2. The lowest BCUT2D eigenvalue weighted by molar-refractivity contribution is -0.385. The molecule has 1 aliphatic rings. The Morgan fingerprint density at radius 2 is 2.04 bits per heavy atom. The highest BCUT2D eigenvalue weighted by molar-refractivity contribution is 5.50. The molecule has 26 heavy (non-hydrogen) atoms. The lowest BCUT2D eigenvalue weighted by atomic mass is 10.1. The van der Waals surface area contributed by atoms with Crippen molar-refractivity contribution >= 4 is 5.69 Å². The number of nitro groups is 1. The third kappa shape index (κ3) is 4.50. The number of hydrogen-bond acceptors (Lipinski definition) is 6. The Hall–Kier alpha value is -2.64. The molecule has 7 nitrogen and oxygen atoms in total. The Morgan fingerprint density at radius 3 is 2.77 bits per heavy atom. The van der Waals surface area contributed by atoms with Gasteiger partial charge < -0.3 is 14.2 Å². The van der Waals surface area contributed by atoms with Gasteiger partial charge in [-0.3, -0.25) is 15.0 Å². The molecule has 0 amide bonds. The summed E-state index contributed by atoms with van der Waals surface area (Å²) in [6, 6.07) is 11.0. The summed E-state index contributed by atoms with van der Waals surface area (Å²) in [5, 5.41) is 11.2. The van der Waals surface area contributed by atoms with Crippen molar-refractivity contribution in [3.63, 3.8) is 0 Å². The van der Waals surface area contributed by atoms with E-state index in [9.17, 15) is 10.1 Å². The van der Waals surface area contributed by atoms with E-state index in [0.29, 0.717) is 37.6 Å². The number of rotatable bonds is 7. The summed E-state index contributed by atoms with van der Waals surface area (Å²) < 4.78 is 16.5. The van der Waals surface area contributed by atoms with Gasteiger partial charge in [0.25, 0.3) is 5.69 Å². The van der Waals surface area contributed by atoms with Crippen molar-refractivity contribution in [3.05, 3.63) is 63.2 Å². The predicted molar refractivity (Wildman–Crippen MR) is 96.4 cm³/mol. The average molecular weight is 358 g/mol. The highest BCUT2D eigenvalue weighted by Gasteiger charge is 2.21. The SMILES string of the molecule is Cc1ccc(OCCN(C)Cc2cc([N+](=O)[O-])cc3c2OCOC3)cc1. The van der Waals surface area contributed by atoms with E-state index in [-0.39, 0.29) is 17.4 Å². The van der Waals surface area contributed by atoms with E-state index in [1.54, 1.807) is 6.07 Å². The van der Waals surface area contributed by atoms with Gasteiger partial charge in [0.2, 0.25) is 0 Å². The van der Waals surface area contributed by atoms with E-state index in [1.165, 1.54) is 11.6 Å². The van der Waals surface area contributed by atoms with E-state index < -0.39 is 0 Å². The summed E-state index contributed by atoms with van der Waals surface area (Å²) in [5.41, 5.74) is 2.74. The van der Waals surface area contributed by atoms with Crippen LogP contribution in [0.2, 0.25) is 0 Å². The minimum absolute atomic E-state index is 0.0529. The fourth-order valence-corrected chi connectivity index (χ4v) is 2.83. The third-order valence-corrected chi connectivity index (χ3v) is 4.19. The van der Waals surface area contributed by atoms with Gasteiger partial charge in [0, 0.05) is 36.3 Å². The highest BCUT2D eigenvalue weighted by Crippen LogP contribution is 2.33. The Kier molecular flexibility index (Phi) is 5.70. The quantitative estimate of drug-likeness (QED) is 0.559. The molecular formula is C19H22N2O5. The number of likely N-dealkylation sites (N-methyl/N-ethyl adjacent to an activating group) is 1. The normalized spacial score (nSPS) is 13.2. The molecule has 0 fully saturated rings. The van der Waals surface area contributed by atoms with Crippen LogP contribution in [0.1, 0.15) is 16.7 Å². The van der Waals surface area contributed by atoms with Gasteiger partial charge in [-0.25, -0.2) is 0 Å². The van der Waals surface area contributed by atoms with E-state index in [2.05, 4.69) is 0 Å². The molecule has 0 spiro atoms. The number of hydrogen-bond donors (Lipinski definition) is 0. The van der Waals surface area contributed by atoms with Crippen molar-refractivity contribution < 1.29 is 19.1 Å². The van der Waals surface area contributed by atoms with E-state index in [4.69, 9.17) is 14.2 Å². The van der Waals surface area contributed by atoms with Crippen LogP contribution in [0.3, 0.4) is 0 Å². The number of non-ortho nitro benzene ring substituents is 1. The Labute approximate surface area is 152 Å². The molecule has 7 heteroatoms. The molecular weight excluding hydrogens is 336 g/mol. The first kappa shape index (κ1) is 18.2. The van der Waals surface area contributed by atoms with Crippen molar-refractivity contribution in [1.29, 1.82) is 0 Å². The first-order valence-corrected chi connectivity index (χ1v) is 8.41. The number of benzene rings is 2. The number of aryl methyl sites for hydroxylation is 1. The van der Waals surface area contributed by atoms with Gasteiger partial charge in [0.1, 0.15) is 18.1 Å². The Balaban J connectivity index is 1.62. The maximum atomic E-state index is 11.2. The second-order valence-corrected chi connectivity index (χ2v) is 6.36. The molecule has 0 N–H and O–H groups in total. The molecule has 0 radical (unpaired) electrons. The van der Waals surface area contributed by atoms with Gasteiger partial charge in [-0.1, -0.05) is 17.7 Å². The second-order valence-electron chi connectivity index (χ2n) is 6.36.